The molecule has 0 spiro atoms. The van der Waals surface area contributed by atoms with Crippen LogP contribution >= 0.6 is 46.4 Å². The lowest BCUT2D eigenvalue weighted by Gasteiger charge is -2.37. The van der Waals surface area contributed by atoms with E-state index in [1.165, 1.54) is 0 Å². The standard InChI is InChI=1S/C5H11Cl2NO.C5H11Cl2N/c1-8(9,4-2-6)5-3-7;1-8(4-2-6)5-3-7/h2-5H2,1H3;2-5H2,1H3. The van der Waals surface area contributed by atoms with Gasteiger partial charge >= 0.3 is 0 Å². The molecule has 106 valence electrons. The molecule has 0 bridgehead atoms. The molecule has 0 aromatic heterocycles. The summed E-state index contributed by atoms with van der Waals surface area (Å²) >= 11 is 21.6. The molecule has 0 aliphatic carbocycles. The molecular formula is C10H22Cl4N2O. The molecule has 0 rings (SSSR count). The Kier molecular flexibility index (Phi) is 16.1. The maximum Gasteiger partial charge on any atom is 0.0919 e. The summed E-state index contributed by atoms with van der Waals surface area (Å²) in [7, 11) is 3.58. The van der Waals surface area contributed by atoms with E-state index in [1.54, 1.807) is 7.05 Å². The first kappa shape index (κ1) is 20.4. The van der Waals surface area contributed by atoms with Gasteiger partial charge in [-0.1, -0.05) is 0 Å². The lowest BCUT2D eigenvalue weighted by molar-refractivity contribution is -0.855. The Balaban J connectivity index is 0. The summed E-state index contributed by atoms with van der Waals surface area (Å²) in [5, 5.41) is 11.1. The third kappa shape index (κ3) is 17.0. The van der Waals surface area contributed by atoms with Gasteiger partial charge in [0.2, 0.25) is 0 Å². The second-order valence-corrected chi connectivity index (χ2v) is 5.32. The molecular weight excluding hydrogens is 306 g/mol. The highest BCUT2D eigenvalue weighted by molar-refractivity contribution is 6.18. The van der Waals surface area contributed by atoms with E-state index in [-0.39, 0.29) is 4.65 Å². The van der Waals surface area contributed by atoms with Gasteiger partial charge in [0, 0.05) is 24.8 Å². The van der Waals surface area contributed by atoms with Crippen LogP contribution in [-0.4, -0.2) is 73.3 Å². The SMILES string of the molecule is CN(CCCl)CCCl.C[N+]([O-])(CCCl)CCCl. The van der Waals surface area contributed by atoms with Crippen LogP contribution in [0.5, 0.6) is 0 Å². The second-order valence-electron chi connectivity index (χ2n) is 3.80. The topological polar surface area (TPSA) is 26.3 Å². The first-order valence-corrected chi connectivity index (χ1v) is 7.55. The minimum atomic E-state index is -0.326. The van der Waals surface area contributed by atoms with Gasteiger partial charge in [-0.15, -0.1) is 46.4 Å². The van der Waals surface area contributed by atoms with Crippen molar-refractivity contribution in [3.05, 3.63) is 5.21 Å². The third-order valence-electron chi connectivity index (χ3n) is 2.05. The van der Waals surface area contributed by atoms with E-state index in [1.807, 2.05) is 7.05 Å². The Bertz CT molecular complexity index is 147. The summed E-state index contributed by atoms with van der Waals surface area (Å²) in [6.45, 7) is 2.73. The van der Waals surface area contributed by atoms with E-state index in [4.69, 9.17) is 46.4 Å². The molecule has 0 saturated carbocycles. The first-order chi connectivity index (χ1) is 7.93. The summed E-state index contributed by atoms with van der Waals surface area (Å²) in [6, 6.07) is 0. The van der Waals surface area contributed by atoms with Crippen LogP contribution in [0.3, 0.4) is 0 Å². The molecule has 0 atom stereocenters. The van der Waals surface area contributed by atoms with Crippen LogP contribution in [0.1, 0.15) is 0 Å². The molecule has 0 heterocycles. The van der Waals surface area contributed by atoms with Crippen LogP contribution in [0, 0.1) is 5.21 Å². The van der Waals surface area contributed by atoms with E-state index < -0.39 is 0 Å². The highest BCUT2D eigenvalue weighted by Crippen LogP contribution is 1.99. The van der Waals surface area contributed by atoms with Crippen molar-refractivity contribution in [2.45, 2.75) is 0 Å². The van der Waals surface area contributed by atoms with Gasteiger partial charge in [0.15, 0.2) is 0 Å². The largest absolute Gasteiger partial charge is 0.633 e. The van der Waals surface area contributed by atoms with Gasteiger partial charge in [-0.05, 0) is 7.05 Å². The van der Waals surface area contributed by atoms with E-state index in [2.05, 4.69) is 4.90 Å². The van der Waals surface area contributed by atoms with Gasteiger partial charge in [-0.2, -0.15) is 0 Å². The van der Waals surface area contributed by atoms with Crippen molar-refractivity contribution in [1.29, 1.82) is 0 Å². The Morgan fingerprint density at radius 1 is 0.882 bits per heavy atom. The van der Waals surface area contributed by atoms with E-state index in [9.17, 15) is 5.21 Å². The fraction of sp³-hybridized carbons (Fsp3) is 1.00. The van der Waals surface area contributed by atoms with Gasteiger partial charge in [0.25, 0.3) is 0 Å². The molecule has 17 heavy (non-hydrogen) atoms. The Morgan fingerprint density at radius 2 is 1.24 bits per heavy atom. The summed E-state index contributed by atoms with van der Waals surface area (Å²) in [5.41, 5.74) is 0. The summed E-state index contributed by atoms with van der Waals surface area (Å²) < 4.78 is -0.326. The minimum absolute atomic E-state index is 0.326. The average molecular weight is 328 g/mol. The third-order valence-corrected chi connectivity index (χ3v) is 2.72. The number of alkyl halides is 4. The minimum Gasteiger partial charge on any atom is -0.633 e. The fourth-order valence-electron chi connectivity index (χ4n) is 0.870. The fourth-order valence-corrected chi connectivity index (χ4v) is 2.16. The van der Waals surface area contributed by atoms with E-state index >= 15 is 0 Å². The lowest BCUT2D eigenvalue weighted by Crippen LogP contribution is -2.40. The highest BCUT2D eigenvalue weighted by Gasteiger charge is 2.06. The predicted molar refractivity (Wildman–Crippen MR) is 79.7 cm³/mol. The van der Waals surface area contributed by atoms with Crippen molar-refractivity contribution >= 4 is 46.4 Å². The number of rotatable bonds is 8. The van der Waals surface area contributed by atoms with Crippen LogP contribution in [-0.2, 0) is 0 Å². The maximum absolute atomic E-state index is 11.1. The van der Waals surface area contributed by atoms with Crippen molar-refractivity contribution in [2.24, 2.45) is 0 Å². The molecule has 0 aromatic rings. The summed E-state index contributed by atoms with van der Waals surface area (Å²) in [6.07, 6.45) is 0. The zero-order chi connectivity index (χ0) is 13.7. The highest BCUT2D eigenvalue weighted by atomic mass is 35.5. The van der Waals surface area contributed by atoms with Gasteiger partial charge in [-0.25, -0.2) is 0 Å². The van der Waals surface area contributed by atoms with Gasteiger partial charge in [0.05, 0.1) is 31.9 Å². The predicted octanol–water partition coefficient (Wildman–Crippen LogP) is 2.80. The molecule has 0 radical (unpaired) electrons. The van der Waals surface area contributed by atoms with E-state index in [0.29, 0.717) is 36.6 Å². The van der Waals surface area contributed by atoms with Crippen LogP contribution in [0.25, 0.3) is 0 Å². The zero-order valence-corrected chi connectivity index (χ0v) is 13.5. The number of hydroxylamine groups is 3. The maximum atomic E-state index is 11.1. The second kappa shape index (κ2) is 13.5. The number of hydrogen-bond donors (Lipinski definition) is 0. The number of halogens is 4. The zero-order valence-electron chi connectivity index (χ0n) is 10.5. The van der Waals surface area contributed by atoms with Crippen molar-refractivity contribution in [2.75, 3.05) is 63.8 Å². The molecule has 0 aliphatic rings. The molecule has 0 amide bonds. The van der Waals surface area contributed by atoms with Gasteiger partial charge in [-0.3, -0.25) is 0 Å². The molecule has 0 fully saturated rings. The van der Waals surface area contributed by atoms with Crippen molar-refractivity contribution < 1.29 is 4.65 Å². The summed E-state index contributed by atoms with van der Waals surface area (Å²) in [4.78, 5) is 2.10. The first-order valence-electron chi connectivity index (χ1n) is 5.41. The molecule has 7 heteroatoms. The van der Waals surface area contributed by atoms with Crippen molar-refractivity contribution in [3.63, 3.8) is 0 Å². The average Bonchev–Trinajstić information content (AvgIpc) is 2.18. The number of quaternary nitrogens is 1. The normalized spacial score (nSPS) is 11.3. The Morgan fingerprint density at radius 3 is 1.47 bits per heavy atom. The van der Waals surface area contributed by atoms with Crippen LogP contribution in [0.4, 0.5) is 0 Å². The van der Waals surface area contributed by atoms with Gasteiger partial charge in [0.1, 0.15) is 0 Å². The lowest BCUT2D eigenvalue weighted by atomic mass is 10.5. The van der Waals surface area contributed by atoms with E-state index in [0.717, 1.165) is 13.1 Å². The summed E-state index contributed by atoms with van der Waals surface area (Å²) in [5.74, 6) is 2.18. The number of hydrogen-bond acceptors (Lipinski definition) is 2. The van der Waals surface area contributed by atoms with Crippen molar-refractivity contribution in [1.82, 2.24) is 4.90 Å². The molecule has 0 unspecified atom stereocenters. The van der Waals surface area contributed by atoms with Crippen molar-refractivity contribution in [3.8, 4) is 0 Å². The smallest absolute Gasteiger partial charge is 0.0919 e. The van der Waals surface area contributed by atoms with Crippen LogP contribution in [0.2, 0.25) is 0 Å². The van der Waals surface area contributed by atoms with Crippen LogP contribution < -0.4 is 0 Å². The molecule has 0 aliphatic heterocycles. The van der Waals surface area contributed by atoms with Gasteiger partial charge < -0.3 is 14.8 Å². The Hall–Kier alpha value is 1.04. The quantitative estimate of drug-likeness (QED) is 0.389. The molecule has 3 nitrogen and oxygen atoms in total. The molecule has 0 N–H and O–H groups in total. The molecule has 0 saturated heterocycles. The Labute approximate surface area is 125 Å². The van der Waals surface area contributed by atoms with Crippen LogP contribution in [0.15, 0.2) is 0 Å². The molecule has 0 aromatic carbocycles. The monoisotopic (exact) mass is 326 g/mol. The number of nitrogens with zero attached hydrogens (tertiary/aromatic N) is 2.